The molecule has 162 valence electrons. The molecule has 0 aliphatic carbocycles. The number of aromatic nitrogens is 4. The molecule has 4 rings (SSSR count). The summed E-state index contributed by atoms with van der Waals surface area (Å²) < 4.78 is 2.12. The first-order chi connectivity index (χ1) is 15.2. The standard InChI is InChI=1S/C23H28N6OS/c1-3-27-13-15-28(16-14-27)22(30)20-7-5-18(6-8-20)17-31-23-26-25-21(29(23)4-2)19-9-11-24-12-10-19/h5-12H,3-4,13-17H2,1-2H3. The molecular formula is C23H28N6OS. The van der Waals surface area contributed by atoms with Crippen LogP contribution in [0.4, 0.5) is 0 Å². The van der Waals surface area contributed by atoms with Crippen LogP contribution in [0.15, 0.2) is 53.9 Å². The van der Waals surface area contributed by atoms with E-state index in [4.69, 9.17) is 0 Å². The van der Waals surface area contributed by atoms with E-state index in [1.54, 1.807) is 24.2 Å². The van der Waals surface area contributed by atoms with Gasteiger partial charge >= 0.3 is 0 Å². The van der Waals surface area contributed by atoms with Gasteiger partial charge in [0.1, 0.15) is 0 Å². The molecule has 0 bridgehead atoms. The average Bonchev–Trinajstić information content (AvgIpc) is 3.26. The number of pyridine rings is 1. The van der Waals surface area contributed by atoms with Gasteiger partial charge in [-0.2, -0.15) is 0 Å². The topological polar surface area (TPSA) is 67.2 Å². The SMILES string of the molecule is CCN1CCN(C(=O)c2ccc(CSc3nnc(-c4ccncc4)n3CC)cc2)CC1. The number of carbonyl (C=O) groups excluding carboxylic acids is 1. The highest BCUT2D eigenvalue weighted by atomic mass is 32.2. The highest BCUT2D eigenvalue weighted by molar-refractivity contribution is 7.98. The first-order valence-corrected chi connectivity index (χ1v) is 11.7. The van der Waals surface area contributed by atoms with Crippen LogP contribution in [0, 0.1) is 0 Å². The molecule has 1 aliphatic rings. The summed E-state index contributed by atoms with van der Waals surface area (Å²) >= 11 is 1.66. The summed E-state index contributed by atoms with van der Waals surface area (Å²) in [5.74, 6) is 1.76. The van der Waals surface area contributed by atoms with Crippen molar-refractivity contribution in [1.29, 1.82) is 0 Å². The second-order valence-corrected chi connectivity index (χ2v) is 8.44. The minimum absolute atomic E-state index is 0.127. The van der Waals surface area contributed by atoms with Crippen molar-refractivity contribution in [3.05, 3.63) is 59.9 Å². The Kier molecular flexibility index (Phi) is 6.99. The molecule has 1 amide bonds. The van der Waals surface area contributed by atoms with E-state index in [0.29, 0.717) is 0 Å². The van der Waals surface area contributed by atoms with E-state index in [1.807, 2.05) is 41.3 Å². The number of amides is 1. The van der Waals surface area contributed by atoms with Crippen LogP contribution in [-0.4, -0.2) is 68.2 Å². The van der Waals surface area contributed by atoms with Gasteiger partial charge in [0.15, 0.2) is 11.0 Å². The lowest BCUT2D eigenvalue weighted by atomic mass is 10.1. The predicted octanol–water partition coefficient (Wildman–Crippen LogP) is 3.43. The molecule has 0 radical (unpaired) electrons. The second-order valence-electron chi connectivity index (χ2n) is 7.50. The largest absolute Gasteiger partial charge is 0.336 e. The highest BCUT2D eigenvalue weighted by Gasteiger charge is 2.21. The first kappa shape index (κ1) is 21.5. The summed E-state index contributed by atoms with van der Waals surface area (Å²) in [5.41, 5.74) is 2.93. The van der Waals surface area contributed by atoms with Gasteiger partial charge in [0.05, 0.1) is 0 Å². The summed E-state index contributed by atoms with van der Waals surface area (Å²) in [6.45, 7) is 9.62. The lowest BCUT2D eigenvalue weighted by molar-refractivity contribution is 0.0643. The lowest BCUT2D eigenvalue weighted by Crippen LogP contribution is -2.48. The van der Waals surface area contributed by atoms with Crippen molar-refractivity contribution in [3.63, 3.8) is 0 Å². The number of likely N-dealkylation sites (N-methyl/N-ethyl adjacent to an activating group) is 1. The van der Waals surface area contributed by atoms with E-state index < -0.39 is 0 Å². The van der Waals surface area contributed by atoms with Gasteiger partial charge in [0.25, 0.3) is 5.91 Å². The van der Waals surface area contributed by atoms with Gasteiger partial charge in [-0.3, -0.25) is 9.78 Å². The maximum Gasteiger partial charge on any atom is 0.253 e. The van der Waals surface area contributed by atoms with Crippen LogP contribution in [0.25, 0.3) is 11.4 Å². The molecule has 0 N–H and O–H groups in total. The van der Waals surface area contributed by atoms with Crippen molar-refractivity contribution in [3.8, 4) is 11.4 Å². The fourth-order valence-corrected chi connectivity index (χ4v) is 4.69. The zero-order chi connectivity index (χ0) is 21.6. The van der Waals surface area contributed by atoms with Crippen molar-refractivity contribution in [2.24, 2.45) is 0 Å². The monoisotopic (exact) mass is 436 g/mol. The third kappa shape index (κ3) is 4.97. The minimum atomic E-state index is 0.127. The number of nitrogens with zero attached hydrogens (tertiary/aromatic N) is 6. The van der Waals surface area contributed by atoms with Crippen LogP contribution < -0.4 is 0 Å². The van der Waals surface area contributed by atoms with Crippen LogP contribution in [0.1, 0.15) is 29.8 Å². The fourth-order valence-electron chi connectivity index (χ4n) is 3.74. The second kappa shape index (κ2) is 10.1. The van der Waals surface area contributed by atoms with Gasteiger partial charge in [-0.05, 0) is 43.3 Å². The molecule has 7 nitrogen and oxygen atoms in total. The predicted molar refractivity (Wildman–Crippen MR) is 123 cm³/mol. The van der Waals surface area contributed by atoms with Crippen molar-refractivity contribution >= 4 is 17.7 Å². The van der Waals surface area contributed by atoms with Gasteiger partial charge in [0.2, 0.25) is 0 Å². The molecule has 1 saturated heterocycles. The molecule has 0 unspecified atom stereocenters. The normalized spacial score (nSPS) is 14.7. The number of hydrogen-bond acceptors (Lipinski definition) is 6. The summed E-state index contributed by atoms with van der Waals surface area (Å²) in [4.78, 5) is 21.2. The van der Waals surface area contributed by atoms with Gasteiger partial charge in [-0.15, -0.1) is 10.2 Å². The number of benzene rings is 1. The zero-order valence-electron chi connectivity index (χ0n) is 18.1. The Bertz CT molecular complexity index is 997. The average molecular weight is 437 g/mol. The van der Waals surface area contributed by atoms with Gasteiger partial charge < -0.3 is 14.4 Å². The van der Waals surface area contributed by atoms with Crippen molar-refractivity contribution in [2.75, 3.05) is 32.7 Å². The molecule has 3 heterocycles. The van der Waals surface area contributed by atoms with Gasteiger partial charge in [-0.25, -0.2) is 0 Å². The molecule has 0 spiro atoms. The fraction of sp³-hybridized carbons (Fsp3) is 0.391. The smallest absolute Gasteiger partial charge is 0.253 e. The molecule has 1 aromatic carbocycles. The summed E-state index contributed by atoms with van der Waals surface area (Å²) in [5, 5.41) is 9.66. The molecule has 0 saturated carbocycles. The van der Waals surface area contributed by atoms with Crippen LogP contribution in [0.3, 0.4) is 0 Å². The quantitative estimate of drug-likeness (QED) is 0.529. The number of carbonyl (C=O) groups is 1. The number of hydrogen-bond donors (Lipinski definition) is 0. The number of piperazine rings is 1. The third-order valence-electron chi connectivity index (χ3n) is 5.65. The van der Waals surface area contributed by atoms with E-state index >= 15 is 0 Å². The first-order valence-electron chi connectivity index (χ1n) is 10.8. The van der Waals surface area contributed by atoms with Gasteiger partial charge in [0, 0.05) is 62.0 Å². The molecule has 0 atom stereocenters. The Morgan fingerprint density at radius 1 is 0.935 bits per heavy atom. The van der Waals surface area contributed by atoms with Crippen molar-refractivity contribution in [2.45, 2.75) is 31.3 Å². The van der Waals surface area contributed by atoms with Crippen LogP contribution in [0.2, 0.25) is 0 Å². The minimum Gasteiger partial charge on any atom is -0.336 e. The maximum atomic E-state index is 12.8. The van der Waals surface area contributed by atoms with E-state index in [2.05, 4.69) is 38.5 Å². The maximum absolute atomic E-state index is 12.8. The Morgan fingerprint density at radius 2 is 1.65 bits per heavy atom. The Hall–Kier alpha value is -2.71. The Labute approximate surface area is 187 Å². The molecular weight excluding hydrogens is 408 g/mol. The number of thioether (sulfide) groups is 1. The Balaban J connectivity index is 1.38. The summed E-state index contributed by atoms with van der Waals surface area (Å²) in [7, 11) is 0. The Morgan fingerprint density at radius 3 is 2.29 bits per heavy atom. The zero-order valence-corrected chi connectivity index (χ0v) is 18.9. The summed E-state index contributed by atoms with van der Waals surface area (Å²) in [6, 6.07) is 11.9. The molecule has 2 aromatic heterocycles. The van der Waals surface area contributed by atoms with E-state index in [1.165, 1.54) is 0 Å². The highest BCUT2D eigenvalue weighted by Crippen LogP contribution is 2.26. The lowest BCUT2D eigenvalue weighted by Gasteiger charge is -2.34. The van der Waals surface area contributed by atoms with Crippen LogP contribution in [-0.2, 0) is 12.3 Å². The molecule has 1 fully saturated rings. The van der Waals surface area contributed by atoms with E-state index in [0.717, 1.165) is 72.7 Å². The van der Waals surface area contributed by atoms with Crippen molar-refractivity contribution < 1.29 is 4.79 Å². The summed E-state index contributed by atoms with van der Waals surface area (Å²) in [6.07, 6.45) is 3.53. The number of rotatable bonds is 7. The van der Waals surface area contributed by atoms with Crippen LogP contribution in [0.5, 0.6) is 0 Å². The van der Waals surface area contributed by atoms with Crippen LogP contribution >= 0.6 is 11.8 Å². The van der Waals surface area contributed by atoms with Crippen molar-refractivity contribution in [1.82, 2.24) is 29.5 Å². The van der Waals surface area contributed by atoms with Gasteiger partial charge in [-0.1, -0.05) is 30.8 Å². The van der Waals surface area contributed by atoms with E-state index in [-0.39, 0.29) is 5.91 Å². The third-order valence-corrected chi connectivity index (χ3v) is 6.69. The molecule has 31 heavy (non-hydrogen) atoms. The molecule has 8 heteroatoms. The molecule has 3 aromatic rings. The van der Waals surface area contributed by atoms with E-state index in [9.17, 15) is 4.79 Å². The molecule has 1 aliphatic heterocycles.